The van der Waals surface area contributed by atoms with E-state index in [0.29, 0.717) is 6.10 Å². The molecule has 1 fully saturated rings. The molecule has 0 aliphatic heterocycles. The Balaban J connectivity index is 1.50. The molecule has 4 rings (SSSR count). The van der Waals surface area contributed by atoms with Crippen LogP contribution in [-0.2, 0) is 11.2 Å². The van der Waals surface area contributed by atoms with Crippen LogP contribution in [0.1, 0.15) is 70.9 Å². The molecule has 0 spiro atoms. The van der Waals surface area contributed by atoms with Crippen molar-refractivity contribution >= 4 is 16.8 Å². The first-order valence-electron chi connectivity index (χ1n) is 10.9. The Hall–Kier alpha value is -1.60. The molecule has 0 saturated heterocycles. The third-order valence-electron chi connectivity index (χ3n) is 7.14. The summed E-state index contributed by atoms with van der Waals surface area (Å²) in [5.74, 6) is 1.76. The molecule has 1 heteroatoms. The van der Waals surface area contributed by atoms with Crippen molar-refractivity contribution < 1.29 is 4.74 Å². The molecule has 0 radical (unpaired) electrons. The van der Waals surface area contributed by atoms with Crippen molar-refractivity contribution in [2.45, 2.75) is 77.9 Å². The van der Waals surface area contributed by atoms with Crippen molar-refractivity contribution in [2.24, 2.45) is 11.8 Å². The Morgan fingerprint density at radius 1 is 1.04 bits per heavy atom. The summed E-state index contributed by atoms with van der Waals surface area (Å²) in [5, 5.41) is 2.77. The summed E-state index contributed by atoms with van der Waals surface area (Å²) in [6, 6.07) is 13.3. The second kappa shape index (κ2) is 7.43. The summed E-state index contributed by atoms with van der Waals surface area (Å²) < 4.78 is 6.72. The topological polar surface area (TPSA) is 9.23 Å². The Morgan fingerprint density at radius 2 is 1.74 bits per heavy atom. The number of hydrogen-bond donors (Lipinski definition) is 0. The summed E-state index contributed by atoms with van der Waals surface area (Å²) >= 11 is 0. The van der Waals surface area contributed by atoms with Gasteiger partial charge in [-0.3, -0.25) is 0 Å². The molecule has 0 aromatic heterocycles. The minimum Gasteiger partial charge on any atom is -0.368 e. The van der Waals surface area contributed by atoms with Crippen molar-refractivity contribution in [1.82, 2.24) is 0 Å². The summed E-state index contributed by atoms with van der Waals surface area (Å²) in [6.07, 6.45) is 10.2. The van der Waals surface area contributed by atoms with Gasteiger partial charge in [-0.1, -0.05) is 62.7 Å². The average molecular weight is 363 g/mol. The van der Waals surface area contributed by atoms with E-state index in [2.05, 4.69) is 70.2 Å². The molecule has 0 heterocycles. The Bertz CT molecular complexity index is 831. The Labute approximate surface area is 164 Å². The smallest absolute Gasteiger partial charge is 0.0845 e. The molecule has 1 unspecified atom stereocenters. The fraction of sp³-hybridized carbons (Fsp3) is 0.538. The Morgan fingerprint density at radius 3 is 2.44 bits per heavy atom. The first-order chi connectivity index (χ1) is 13.0. The fourth-order valence-electron chi connectivity index (χ4n) is 5.15. The van der Waals surface area contributed by atoms with Gasteiger partial charge in [0.2, 0.25) is 0 Å². The van der Waals surface area contributed by atoms with E-state index in [9.17, 15) is 0 Å². The van der Waals surface area contributed by atoms with Crippen LogP contribution in [-0.4, -0.2) is 11.7 Å². The van der Waals surface area contributed by atoms with Gasteiger partial charge in [-0.15, -0.1) is 0 Å². The van der Waals surface area contributed by atoms with E-state index in [-0.39, 0.29) is 5.60 Å². The lowest BCUT2D eigenvalue weighted by Crippen LogP contribution is -2.36. The van der Waals surface area contributed by atoms with Crippen LogP contribution < -0.4 is 0 Å². The van der Waals surface area contributed by atoms with Gasteiger partial charge in [0, 0.05) is 0 Å². The van der Waals surface area contributed by atoms with Gasteiger partial charge in [0.05, 0.1) is 11.7 Å². The SMILES string of the molecule is CCC(C)C1CCC(OC(C)(C)C2=Cc3cccc4cccc(c34)C2)CC1. The van der Waals surface area contributed by atoms with Gasteiger partial charge in [-0.05, 0) is 85.3 Å². The molecule has 2 aliphatic carbocycles. The second-order valence-corrected chi connectivity index (χ2v) is 9.26. The zero-order valence-corrected chi connectivity index (χ0v) is 17.4. The van der Waals surface area contributed by atoms with Crippen molar-refractivity contribution in [3.63, 3.8) is 0 Å². The van der Waals surface area contributed by atoms with Crippen LogP contribution in [0.2, 0.25) is 0 Å². The van der Waals surface area contributed by atoms with Crippen LogP contribution in [0.25, 0.3) is 16.8 Å². The fourth-order valence-corrected chi connectivity index (χ4v) is 5.15. The normalized spacial score (nSPS) is 23.9. The van der Waals surface area contributed by atoms with Crippen molar-refractivity contribution in [2.75, 3.05) is 0 Å². The third-order valence-corrected chi connectivity index (χ3v) is 7.14. The van der Waals surface area contributed by atoms with E-state index in [1.807, 2.05) is 0 Å². The van der Waals surface area contributed by atoms with Gasteiger partial charge < -0.3 is 4.74 Å². The first kappa shape index (κ1) is 18.7. The number of hydrogen-bond acceptors (Lipinski definition) is 1. The lowest BCUT2D eigenvalue weighted by Gasteiger charge is -2.39. The molecule has 2 aromatic carbocycles. The van der Waals surface area contributed by atoms with Crippen molar-refractivity contribution in [3.05, 3.63) is 53.1 Å². The zero-order valence-electron chi connectivity index (χ0n) is 17.4. The maximum absolute atomic E-state index is 6.72. The maximum Gasteiger partial charge on any atom is 0.0845 e. The van der Waals surface area contributed by atoms with E-state index in [4.69, 9.17) is 4.74 Å². The average Bonchev–Trinajstić information content (AvgIpc) is 2.68. The summed E-state index contributed by atoms with van der Waals surface area (Å²) in [5.41, 5.74) is 4.00. The van der Waals surface area contributed by atoms with E-state index < -0.39 is 0 Å². The highest BCUT2D eigenvalue weighted by Crippen LogP contribution is 2.39. The number of benzene rings is 2. The monoisotopic (exact) mass is 362 g/mol. The van der Waals surface area contributed by atoms with Crippen LogP contribution in [0.3, 0.4) is 0 Å². The molecule has 0 bridgehead atoms. The molecule has 0 amide bonds. The molecular weight excluding hydrogens is 328 g/mol. The maximum atomic E-state index is 6.72. The number of ether oxygens (including phenoxy) is 1. The quantitative estimate of drug-likeness (QED) is 0.547. The molecule has 1 nitrogen and oxygen atoms in total. The van der Waals surface area contributed by atoms with Gasteiger partial charge in [0.25, 0.3) is 0 Å². The highest BCUT2D eigenvalue weighted by molar-refractivity contribution is 5.95. The van der Waals surface area contributed by atoms with Gasteiger partial charge in [0.1, 0.15) is 0 Å². The van der Waals surface area contributed by atoms with Gasteiger partial charge in [0.15, 0.2) is 0 Å². The van der Waals surface area contributed by atoms with Crippen LogP contribution >= 0.6 is 0 Å². The second-order valence-electron chi connectivity index (χ2n) is 9.26. The molecule has 144 valence electrons. The van der Waals surface area contributed by atoms with Crippen molar-refractivity contribution in [3.8, 4) is 0 Å². The van der Waals surface area contributed by atoms with E-state index in [1.54, 1.807) is 0 Å². The van der Waals surface area contributed by atoms with E-state index in [1.165, 1.54) is 59.6 Å². The molecule has 0 N–H and O–H groups in total. The van der Waals surface area contributed by atoms with Gasteiger partial charge >= 0.3 is 0 Å². The Kier molecular flexibility index (Phi) is 5.16. The minimum absolute atomic E-state index is 0.205. The van der Waals surface area contributed by atoms with E-state index in [0.717, 1.165) is 18.3 Å². The molecule has 1 saturated carbocycles. The lowest BCUT2D eigenvalue weighted by atomic mass is 9.78. The zero-order chi connectivity index (χ0) is 19.0. The third kappa shape index (κ3) is 3.72. The van der Waals surface area contributed by atoms with Crippen LogP contribution in [0.5, 0.6) is 0 Å². The highest BCUT2D eigenvalue weighted by atomic mass is 16.5. The standard InChI is InChI=1S/C26H34O/c1-5-18(2)19-12-14-24(15-13-19)27-26(3,4)23-16-21-10-6-8-20-9-7-11-22(17-23)25(20)21/h6-11,16,18-19,24H,5,12-15,17H2,1-4H3. The highest BCUT2D eigenvalue weighted by Gasteiger charge is 2.33. The lowest BCUT2D eigenvalue weighted by molar-refractivity contribution is -0.0712. The predicted molar refractivity (Wildman–Crippen MR) is 116 cm³/mol. The van der Waals surface area contributed by atoms with E-state index >= 15 is 0 Å². The molecule has 2 aliphatic rings. The van der Waals surface area contributed by atoms with Crippen molar-refractivity contribution in [1.29, 1.82) is 0 Å². The van der Waals surface area contributed by atoms with Gasteiger partial charge in [-0.25, -0.2) is 0 Å². The van der Waals surface area contributed by atoms with Crippen LogP contribution in [0.15, 0.2) is 42.0 Å². The molecule has 2 aromatic rings. The van der Waals surface area contributed by atoms with Crippen LogP contribution in [0, 0.1) is 11.8 Å². The van der Waals surface area contributed by atoms with Gasteiger partial charge in [-0.2, -0.15) is 0 Å². The summed E-state index contributed by atoms with van der Waals surface area (Å²) in [4.78, 5) is 0. The molecule has 27 heavy (non-hydrogen) atoms. The summed E-state index contributed by atoms with van der Waals surface area (Å²) in [6.45, 7) is 9.28. The number of rotatable bonds is 5. The molecular formula is C26H34O. The summed E-state index contributed by atoms with van der Waals surface area (Å²) in [7, 11) is 0. The first-order valence-corrected chi connectivity index (χ1v) is 10.9. The predicted octanol–water partition coefficient (Wildman–Crippen LogP) is 7.18. The minimum atomic E-state index is -0.205. The van der Waals surface area contributed by atoms with Crippen LogP contribution in [0.4, 0.5) is 0 Å². The largest absolute Gasteiger partial charge is 0.368 e. The molecule has 1 atom stereocenters.